The lowest BCUT2D eigenvalue weighted by Crippen LogP contribution is -2.54. The number of hydrogen-bond donors (Lipinski definition) is 1. The van der Waals surface area contributed by atoms with Crippen LogP contribution in [0.4, 0.5) is 10.1 Å². The van der Waals surface area contributed by atoms with Crippen LogP contribution in [0.25, 0.3) is 0 Å². The first-order chi connectivity index (χ1) is 19.8. The lowest BCUT2D eigenvalue weighted by Gasteiger charge is -2.34. The summed E-state index contributed by atoms with van der Waals surface area (Å²) in [6, 6.07) is 21.1. The summed E-state index contributed by atoms with van der Waals surface area (Å²) < 4.78 is 45.1. The van der Waals surface area contributed by atoms with Crippen molar-refractivity contribution < 1.29 is 27.1 Å². The minimum Gasteiger partial charge on any atom is -0.497 e. The molecule has 0 saturated carbocycles. The molecule has 2 amide bonds. The highest BCUT2D eigenvalue weighted by atomic mass is 32.2. The molecule has 0 aliphatic heterocycles. The summed E-state index contributed by atoms with van der Waals surface area (Å²) >= 11 is 0. The van der Waals surface area contributed by atoms with Crippen molar-refractivity contribution >= 4 is 27.5 Å². The van der Waals surface area contributed by atoms with Gasteiger partial charge in [-0.25, -0.2) is 12.8 Å². The highest BCUT2D eigenvalue weighted by Gasteiger charge is 2.32. The van der Waals surface area contributed by atoms with E-state index < -0.39 is 27.4 Å². The molecule has 1 N–H and O–H groups in total. The molecule has 1 atom stereocenters. The zero-order chi connectivity index (χ0) is 30.9. The average Bonchev–Trinajstić information content (AvgIpc) is 2.92. The van der Waals surface area contributed by atoms with Crippen LogP contribution in [0.3, 0.4) is 0 Å². The maximum absolute atomic E-state index is 13.9. The van der Waals surface area contributed by atoms with Gasteiger partial charge in [0.1, 0.15) is 17.6 Å². The van der Waals surface area contributed by atoms with E-state index in [1.54, 1.807) is 18.1 Å². The van der Waals surface area contributed by atoms with Gasteiger partial charge in [0.15, 0.2) is 0 Å². The second-order valence-corrected chi connectivity index (χ2v) is 13.1. The van der Waals surface area contributed by atoms with Gasteiger partial charge in [0.25, 0.3) is 0 Å². The van der Waals surface area contributed by atoms with E-state index >= 15 is 0 Å². The average molecular weight is 598 g/mol. The maximum atomic E-state index is 13.9. The van der Waals surface area contributed by atoms with Crippen LogP contribution < -0.4 is 14.4 Å². The number of methoxy groups -OCH3 is 1. The van der Waals surface area contributed by atoms with Gasteiger partial charge in [0.2, 0.25) is 21.8 Å². The Morgan fingerprint density at radius 1 is 0.952 bits per heavy atom. The van der Waals surface area contributed by atoms with Gasteiger partial charge in [-0.15, -0.1) is 0 Å². The zero-order valence-corrected chi connectivity index (χ0v) is 25.7. The molecule has 0 aliphatic rings. The van der Waals surface area contributed by atoms with Crippen LogP contribution in [0.2, 0.25) is 0 Å². The van der Waals surface area contributed by atoms with E-state index in [2.05, 4.69) is 5.32 Å². The quantitative estimate of drug-likeness (QED) is 0.301. The number of carbonyl (C=O) groups is 2. The highest BCUT2D eigenvalue weighted by Crippen LogP contribution is 2.22. The largest absolute Gasteiger partial charge is 0.497 e. The summed E-state index contributed by atoms with van der Waals surface area (Å²) in [5.74, 6) is -0.433. The number of anilines is 1. The Morgan fingerprint density at radius 2 is 1.60 bits per heavy atom. The molecule has 0 aliphatic carbocycles. The third-order valence-electron chi connectivity index (χ3n) is 6.52. The van der Waals surface area contributed by atoms with Crippen molar-refractivity contribution in [3.8, 4) is 5.75 Å². The Kier molecular flexibility index (Phi) is 11.1. The number of hydrogen-bond acceptors (Lipinski definition) is 5. The van der Waals surface area contributed by atoms with Gasteiger partial charge >= 0.3 is 0 Å². The summed E-state index contributed by atoms with van der Waals surface area (Å²) in [6.45, 7) is 5.81. The fourth-order valence-electron chi connectivity index (χ4n) is 4.59. The number of sulfonamides is 1. The molecular formula is C32H40FN3O5S. The monoisotopic (exact) mass is 597 g/mol. The van der Waals surface area contributed by atoms with E-state index in [0.29, 0.717) is 17.9 Å². The van der Waals surface area contributed by atoms with Crippen molar-refractivity contribution in [3.05, 3.63) is 95.8 Å². The molecule has 0 spiro atoms. The lowest BCUT2D eigenvalue weighted by molar-refractivity contribution is -0.142. The minimum atomic E-state index is -3.69. The highest BCUT2D eigenvalue weighted by molar-refractivity contribution is 7.92. The van der Waals surface area contributed by atoms with E-state index in [4.69, 9.17) is 4.74 Å². The third-order valence-corrected chi connectivity index (χ3v) is 7.72. The molecular weight excluding hydrogens is 557 g/mol. The summed E-state index contributed by atoms with van der Waals surface area (Å²) in [5, 5.41) is 3.03. The van der Waals surface area contributed by atoms with Crippen molar-refractivity contribution in [1.29, 1.82) is 0 Å². The number of ether oxygens (including phenoxy) is 1. The molecule has 0 saturated heterocycles. The first kappa shape index (κ1) is 32.6. The Labute approximate surface area is 248 Å². The van der Waals surface area contributed by atoms with Crippen LogP contribution in [0.5, 0.6) is 5.75 Å². The van der Waals surface area contributed by atoms with Crippen LogP contribution in [0.1, 0.15) is 44.7 Å². The maximum Gasteiger partial charge on any atom is 0.243 e. The second-order valence-electron chi connectivity index (χ2n) is 11.2. The summed E-state index contributed by atoms with van der Waals surface area (Å²) in [4.78, 5) is 29.2. The van der Waals surface area contributed by atoms with Crippen molar-refractivity contribution in [3.63, 3.8) is 0 Å². The first-order valence-corrected chi connectivity index (χ1v) is 15.6. The van der Waals surface area contributed by atoms with Crippen LogP contribution >= 0.6 is 0 Å². The number of carbonyl (C=O) groups excluding carboxylic acids is 2. The summed E-state index contributed by atoms with van der Waals surface area (Å²) in [5.41, 5.74) is 1.47. The van der Waals surface area contributed by atoms with Gasteiger partial charge in [-0.1, -0.05) is 42.5 Å². The fraction of sp³-hybridized carbons (Fsp3) is 0.375. The number of halogens is 1. The molecule has 0 unspecified atom stereocenters. The first-order valence-electron chi connectivity index (χ1n) is 13.8. The Balaban J connectivity index is 1.91. The Morgan fingerprint density at radius 3 is 2.19 bits per heavy atom. The number of nitrogens with one attached hydrogen (secondary N) is 1. The molecule has 3 aromatic carbocycles. The molecule has 8 nitrogen and oxygen atoms in total. The van der Waals surface area contributed by atoms with E-state index in [0.717, 1.165) is 21.7 Å². The minimum absolute atomic E-state index is 0.00866. The standard InChI is InChI=1S/C32H40FN3O5S/c1-32(2,3)34-31(38)29(22-24-11-7-6-8-12-24)35(23-25-13-9-14-28(21-25)41-4)30(37)15-10-20-36(42(5,39)40)27-18-16-26(33)17-19-27/h6-9,11-14,16-19,21,29H,10,15,20,22-23H2,1-5H3,(H,34,38)/t29-/m1/s1. The SMILES string of the molecule is COc1cccc(CN(C(=O)CCCN(c2ccc(F)cc2)S(C)(=O)=O)[C@H](Cc2ccccc2)C(=O)NC(C)(C)C)c1. The van der Waals surface area contributed by atoms with Crippen molar-refractivity contribution in [2.24, 2.45) is 0 Å². The van der Waals surface area contributed by atoms with Crippen molar-refractivity contribution in [1.82, 2.24) is 10.2 Å². The van der Waals surface area contributed by atoms with Crippen LogP contribution in [0, 0.1) is 5.82 Å². The van der Waals surface area contributed by atoms with Gasteiger partial charge in [-0.2, -0.15) is 0 Å². The fourth-order valence-corrected chi connectivity index (χ4v) is 5.55. The molecule has 42 heavy (non-hydrogen) atoms. The molecule has 3 aromatic rings. The third kappa shape index (κ3) is 9.87. The van der Waals surface area contributed by atoms with E-state index in [-0.39, 0.29) is 37.7 Å². The Bertz CT molecular complexity index is 1440. The number of nitrogens with zero attached hydrogens (tertiary/aromatic N) is 2. The van der Waals surface area contributed by atoms with Gasteiger partial charge in [-0.3, -0.25) is 13.9 Å². The summed E-state index contributed by atoms with van der Waals surface area (Å²) in [7, 11) is -2.13. The summed E-state index contributed by atoms with van der Waals surface area (Å²) in [6.07, 6.45) is 1.55. The molecule has 10 heteroatoms. The molecule has 0 aromatic heterocycles. The van der Waals surface area contributed by atoms with Gasteiger partial charge in [0, 0.05) is 31.5 Å². The number of amides is 2. The molecule has 226 valence electrons. The second kappa shape index (κ2) is 14.3. The molecule has 0 bridgehead atoms. The predicted molar refractivity (Wildman–Crippen MR) is 163 cm³/mol. The smallest absolute Gasteiger partial charge is 0.243 e. The van der Waals surface area contributed by atoms with Gasteiger partial charge in [0.05, 0.1) is 19.1 Å². The van der Waals surface area contributed by atoms with Crippen molar-refractivity contribution in [2.45, 2.75) is 58.2 Å². The molecule has 0 radical (unpaired) electrons. The van der Waals surface area contributed by atoms with Crippen molar-refractivity contribution in [2.75, 3.05) is 24.2 Å². The van der Waals surface area contributed by atoms with E-state index in [9.17, 15) is 22.4 Å². The van der Waals surface area contributed by atoms with Gasteiger partial charge in [-0.05, 0) is 74.7 Å². The predicted octanol–water partition coefficient (Wildman–Crippen LogP) is 4.94. The van der Waals surface area contributed by atoms with Crippen LogP contribution in [0.15, 0.2) is 78.9 Å². The lowest BCUT2D eigenvalue weighted by atomic mass is 10.00. The normalized spacial score (nSPS) is 12.3. The van der Waals surface area contributed by atoms with E-state index in [1.165, 1.54) is 24.3 Å². The van der Waals surface area contributed by atoms with Crippen LogP contribution in [-0.4, -0.2) is 56.6 Å². The zero-order valence-electron chi connectivity index (χ0n) is 24.8. The van der Waals surface area contributed by atoms with E-state index in [1.807, 2.05) is 69.3 Å². The van der Waals surface area contributed by atoms with Gasteiger partial charge < -0.3 is 15.0 Å². The Hall–Kier alpha value is -3.92. The topological polar surface area (TPSA) is 96.0 Å². The number of benzene rings is 3. The molecule has 3 rings (SSSR count). The number of rotatable bonds is 13. The van der Waals surface area contributed by atoms with Crippen LogP contribution in [-0.2, 0) is 32.6 Å². The molecule has 0 fully saturated rings. The molecule has 0 heterocycles.